The molecule has 9 heteroatoms. The van der Waals surface area contributed by atoms with Gasteiger partial charge in [-0.05, 0) is 36.6 Å². The minimum absolute atomic E-state index is 0.0267. The van der Waals surface area contributed by atoms with Crippen molar-refractivity contribution in [2.45, 2.75) is 36.6 Å². The first-order chi connectivity index (χ1) is 13.4. The smallest absolute Gasteiger partial charge is 0.345 e. The monoisotopic (exact) mass is 402 g/mol. The molecule has 2 heterocycles. The zero-order chi connectivity index (χ0) is 20.3. The summed E-state index contributed by atoms with van der Waals surface area (Å²) in [7, 11) is 1.52. The molecule has 0 unspecified atom stereocenters. The molecule has 0 bridgehead atoms. The van der Waals surface area contributed by atoms with E-state index in [2.05, 4.69) is 20.6 Å². The van der Waals surface area contributed by atoms with Gasteiger partial charge in [-0.25, -0.2) is 4.79 Å². The fourth-order valence-corrected chi connectivity index (χ4v) is 3.95. The van der Waals surface area contributed by atoms with E-state index in [4.69, 9.17) is 4.74 Å². The topological polar surface area (TPSA) is 113 Å². The lowest BCUT2D eigenvalue weighted by molar-refractivity contribution is -0.122. The first-order valence-corrected chi connectivity index (χ1v) is 9.70. The highest BCUT2D eigenvalue weighted by Gasteiger charge is 2.24. The van der Waals surface area contributed by atoms with Crippen LogP contribution in [0, 0.1) is 6.92 Å². The molecule has 0 saturated carbocycles. The molecule has 2 aromatic rings. The van der Waals surface area contributed by atoms with Gasteiger partial charge in [0, 0.05) is 19.0 Å². The van der Waals surface area contributed by atoms with Crippen molar-refractivity contribution in [2.24, 2.45) is 0 Å². The molecule has 148 valence electrons. The molecular formula is C19H22N4O4S. The van der Waals surface area contributed by atoms with E-state index in [0.717, 1.165) is 22.4 Å². The highest BCUT2D eigenvalue weighted by molar-refractivity contribution is 8.00. The highest BCUT2D eigenvalue weighted by atomic mass is 32.2. The maximum atomic E-state index is 12.8. The van der Waals surface area contributed by atoms with Gasteiger partial charge in [0.1, 0.15) is 10.3 Å². The summed E-state index contributed by atoms with van der Waals surface area (Å²) < 4.78 is 5.19. The Kier molecular flexibility index (Phi) is 6.15. The molecule has 1 aliphatic rings. The number of carbonyl (C=O) groups excluding carboxylic acids is 2. The summed E-state index contributed by atoms with van der Waals surface area (Å²) in [6.45, 7) is 3.88. The normalized spacial score (nSPS) is 14.9. The molecule has 2 amide bonds. The number of anilines is 1. The van der Waals surface area contributed by atoms with E-state index in [1.165, 1.54) is 18.9 Å². The number of fused-ring (bicyclic) bond motifs is 1. The number of nitrogens with one attached hydrogen (secondary N) is 3. The van der Waals surface area contributed by atoms with E-state index in [1.54, 1.807) is 6.20 Å². The maximum Gasteiger partial charge on any atom is 0.345 e. The fourth-order valence-electron chi connectivity index (χ4n) is 2.92. The largest absolute Gasteiger partial charge is 0.383 e. The zero-order valence-electron chi connectivity index (χ0n) is 15.9. The van der Waals surface area contributed by atoms with Gasteiger partial charge in [-0.3, -0.25) is 9.59 Å². The number of methoxy groups -OCH3 is 1. The van der Waals surface area contributed by atoms with Crippen LogP contribution in [0.15, 0.2) is 34.2 Å². The van der Waals surface area contributed by atoms with E-state index >= 15 is 0 Å². The van der Waals surface area contributed by atoms with Crippen LogP contribution < -0.4 is 16.3 Å². The van der Waals surface area contributed by atoms with Gasteiger partial charge in [0.25, 0.3) is 0 Å². The number of H-pyrrole nitrogens is 1. The van der Waals surface area contributed by atoms with E-state index in [-0.39, 0.29) is 24.5 Å². The van der Waals surface area contributed by atoms with Crippen molar-refractivity contribution in [3.05, 3.63) is 51.6 Å². The van der Waals surface area contributed by atoms with Gasteiger partial charge in [-0.1, -0.05) is 23.9 Å². The molecule has 0 saturated heterocycles. The SMILES string of the molecule is COC[C@H](Sc1nc(=O)[nH]cc1C)C(=O)N[C@H](C)c1ccc2c(c1)CC(=O)N2. The van der Waals surface area contributed by atoms with Crippen LogP contribution in [0.2, 0.25) is 0 Å². The molecule has 28 heavy (non-hydrogen) atoms. The van der Waals surface area contributed by atoms with Gasteiger partial charge in [0.15, 0.2) is 0 Å². The molecule has 3 N–H and O–H groups in total. The Labute approximate surface area is 166 Å². The minimum atomic E-state index is -0.557. The van der Waals surface area contributed by atoms with E-state index in [0.29, 0.717) is 11.4 Å². The summed E-state index contributed by atoms with van der Waals surface area (Å²) in [5, 5.41) is 5.71. The fraction of sp³-hybridized carbons (Fsp3) is 0.368. The van der Waals surface area contributed by atoms with E-state index in [9.17, 15) is 14.4 Å². The number of aryl methyl sites for hydroxylation is 1. The Bertz CT molecular complexity index is 959. The van der Waals surface area contributed by atoms with Gasteiger partial charge < -0.3 is 20.4 Å². The summed E-state index contributed by atoms with van der Waals surface area (Å²) in [6, 6.07) is 5.42. The summed E-state index contributed by atoms with van der Waals surface area (Å²) in [6.07, 6.45) is 1.92. The number of amides is 2. The zero-order valence-corrected chi connectivity index (χ0v) is 16.7. The second-order valence-corrected chi connectivity index (χ2v) is 7.82. The van der Waals surface area contributed by atoms with Crippen molar-refractivity contribution in [1.82, 2.24) is 15.3 Å². The third-order valence-electron chi connectivity index (χ3n) is 4.43. The van der Waals surface area contributed by atoms with Crippen LogP contribution in [-0.2, 0) is 20.7 Å². The van der Waals surface area contributed by atoms with Crippen LogP contribution in [0.4, 0.5) is 5.69 Å². The number of hydrogen-bond donors (Lipinski definition) is 3. The first-order valence-electron chi connectivity index (χ1n) is 8.82. The van der Waals surface area contributed by atoms with Crippen LogP contribution in [0.1, 0.15) is 29.7 Å². The number of rotatable bonds is 7. The number of aromatic nitrogens is 2. The van der Waals surface area contributed by atoms with Crippen LogP contribution in [-0.4, -0.2) is 40.7 Å². The Morgan fingerprint density at radius 1 is 1.39 bits per heavy atom. The minimum Gasteiger partial charge on any atom is -0.383 e. The van der Waals surface area contributed by atoms with E-state index < -0.39 is 10.9 Å². The van der Waals surface area contributed by atoms with Crippen molar-refractivity contribution in [1.29, 1.82) is 0 Å². The second kappa shape index (κ2) is 8.57. The number of hydrogen-bond acceptors (Lipinski definition) is 6. The molecule has 0 spiro atoms. The third-order valence-corrected chi connectivity index (χ3v) is 5.70. The summed E-state index contributed by atoms with van der Waals surface area (Å²) >= 11 is 1.20. The Morgan fingerprint density at radius 2 is 2.18 bits per heavy atom. The molecule has 2 atom stereocenters. The van der Waals surface area contributed by atoms with Gasteiger partial charge in [0.2, 0.25) is 11.8 Å². The van der Waals surface area contributed by atoms with Gasteiger partial charge in [-0.15, -0.1) is 0 Å². The molecule has 1 aromatic carbocycles. The highest BCUT2D eigenvalue weighted by Crippen LogP contribution is 2.28. The number of ether oxygens (including phenoxy) is 1. The number of benzene rings is 1. The van der Waals surface area contributed by atoms with Gasteiger partial charge in [-0.2, -0.15) is 4.98 Å². The van der Waals surface area contributed by atoms with Crippen LogP contribution in [0.3, 0.4) is 0 Å². The van der Waals surface area contributed by atoms with Crippen molar-refractivity contribution >= 4 is 29.3 Å². The molecule has 8 nitrogen and oxygen atoms in total. The van der Waals surface area contributed by atoms with Crippen molar-refractivity contribution in [3.63, 3.8) is 0 Å². The summed E-state index contributed by atoms with van der Waals surface area (Å²) in [4.78, 5) is 42.3. The molecule has 0 fully saturated rings. The predicted octanol–water partition coefficient (Wildman–Crippen LogP) is 1.56. The molecule has 0 radical (unpaired) electrons. The van der Waals surface area contributed by atoms with Crippen LogP contribution in [0.25, 0.3) is 0 Å². The number of carbonyl (C=O) groups is 2. The number of nitrogens with zero attached hydrogens (tertiary/aromatic N) is 1. The average molecular weight is 402 g/mol. The van der Waals surface area contributed by atoms with Gasteiger partial charge in [0.05, 0.1) is 19.1 Å². The average Bonchev–Trinajstić information content (AvgIpc) is 3.03. The molecule has 1 aromatic heterocycles. The van der Waals surface area contributed by atoms with Crippen molar-refractivity contribution in [3.8, 4) is 0 Å². The maximum absolute atomic E-state index is 12.8. The van der Waals surface area contributed by atoms with E-state index in [1.807, 2.05) is 32.0 Å². The molecule has 1 aliphatic heterocycles. The quantitative estimate of drug-likeness (QED) is 0.478. The third kappa shape index (κ3) is 4.60. The second-order valence-electron chi connectivity index (χ2n) is 6.63. The standard InChI is InChI=1S/C19H22N4O4S/c1-10-8-20-19(26)23-18(10)28-15(9-27-3)17(25)21-11(2)12-4-5-14-13(6-12)7-16(24)22-14/h4-6,8,11,15H,7,9H2,1-3H3,(H,21,25)(H,22,24)(H,20,23,26)/t11-,15+/m1/s1. The summed E-state index contributed by atoms with van der Waals surface area (Å²) in [5.74, 6) is -0.239. The lowest BCUT2D eigenvalue weighted by Gasteiger charge is -2.20. The molecule has 3 rings (SSSR count). The predicted molar refractivity (Wildman–Crippen MR) is 106 cm³/mol. The Morgan fingerprint density at radius 3 is 2.93 bits per heavy atom. The lowest BCUT2D eigenvalue weighted by atomic mass is 10.0. The summed E-state index contributed by atoms with van der Waals surface area (Å²) in [5.41, 5.74) is 2.97. The molecule has 0 aliphatic carbocycles. The van der Waals surface area contributed by atoms with Gasteiger partial charge >= 0.3 is 5.69 Å². The number of aromatic amines is 1. The first kappa shape index (κ1) is 20.1. The Balaban J connectivity index is 1.71. The van der Waals surface area contributed by atoms with Crippen molar-refractivity contribution in [2.75, 3.05) is 19.0 Å². The lowest BCUT2D eigenvalue weighted by Crippen LogP contribution is -2.37. The van der Waals surface area contributed by atoms with Crippen molar-refractivity contribution < 1.29 is 14.3 Å². The molecular weight excluding hydrogens is 380 g/mol. The number of thioether (sulfide) groups is 1. The van der Waals surface area contributed by atoms with Crippen LogP contribution in [0.5, 0.6) is 0 Å². The van der Waals surface area contributed by atoms with Crippen LogP contribution >= 0.6 is 11.8 Å². The Hall–Kier alpha value is -2.65.